The molecule has 0 saturated carbocycles. The topological polar surface area (TPSA) is 212 Å². The summed E-state index contributed by atoms with van der Waals surface area (Å²) in [5.41, 5.74) is 18.1. The highest BCUT2D eigenvalue weighted by Gasteiger charge is 2.28. The van der Waals surface area contributed by atoms with Crippen molar-refractivity contribution in [2.24, 2.45) is 22.4 Å². The van der Waals surface area contributed by atoms with Crippen LogP contribution in [0.2, 0.25) is 0 Å². The molecule has 3 amide bonds. The Bertz CT molecular complexity index is 1940. The zero-order chi connectivity index (χ0) is 52.4. The van der Waals surface area contributed by atoms with Crippen LogP contribution in [0.15, 0.2) is 59.6 Å². The van der Waals surface area contributed by atoms with E-state index in [1.165, 1.54) is 18.2 Å². The molecule has 0 radical (unpaired) electrons. The number of hydrogen-bond acceptors (Lipinski definition) is 11. The van der Waals surface area contributed by atoms with Gasteiger partial charge in [-0.05, 0) is 172 Å². The van der Waals surface area contributed by atoms with Crippen LogP contribution in [0.4, 0.5) is 11.5 Å². The van der Waals surface area contributed by atoms with Crippen molar-refractivity contribution in [3.8, 4) is 0 Å². The lowest BCUT2D eigenvalue weighted by Gasteiger charge is -2.37. The van der Waals surface area contributed by atoms with E-state index in [0.717, 1.165) is 131 Å². The van der Waals surface area contributed by atoms with E-state index >= 15 is 0 Å². The number of nitrogens with one attached hydrogen (secondary N) is 3. The number of amides is 3. The van der Waals surface area contributed by atoms with Crippen molar-refractivity contribution >= 4 is 40.9 Å². The number of carbonyl (C=O) groups is 4. The van der Waals surface area contributed by atoms with Crippen molar-refractivity contribution < 1.29 is 24.3 Å². The molecule has 4 heterocycles. The van der Waals surface area contributed by atoms with Gasteiger partial charge in [-0.3, -0.25) is 24.2 Å². The molecule has 1 aromatic heterocycles. The number of fused-ring (bicyclic) bond motifs is 1. The van der Waals surface area contributed by atoms with Crippen molar-refractivity contribution in [3.63, 3.8) is 0 Å². The lowest BCUT2D eigenvalue weighted by atomic mass is 9.92. The number of pyridine rings is 1. The predicted molar refractivity (Wildman–Crippen MR) is 295 cm³/mol. The zero-order valence-electron chi connectivity index (χ0n) is 45.0. The average molecular weight is 987 g/mol. The Balaban J connectivity index is 0.00000118. The summed E-state index contributed by atoms with van der Waals surface area (Å²) < 4.78 is 0. The number of aromatic nitrogens is 1. The monoisotopic (exact) mass is 987 g/mol. The Morgan fingerprint density at radius 2 is 1.58 bits per heavy atom. The molecule has 2 saturated heterocycles. The number of nitrogens with zero attached hydrogens (tertiary/aromatic N) is 5. The second kappa shape index (κ2) is 36.7. The summed E-state index contributed by atoms with van der Waals surface area (Å²) in [6, 6.07) is 10.9. The van der Waals surface area contributed by atoms with Gasteiger partial charge in [0.05, 0.1) is 6.42 Å². The molecule has 3 aliphatic rings. The van der Waals surface area contributed by atoms with Gasteiger partial charge < -0.3 is 47.2 Å². The fourth-order valence-corrected chi connectivity index (χ4v) is 9.12. The lowest BCUT2D eigenvalue weighted by molar-refractivity contribution is -0.137. The van der Waals surface area contributed by atoms with Crippen molar-refractivity contribution in [3.05, 3.63) is 77.0 Å². The van der Waals surface area contributed by atoms with E-state index in [4.69, 9.17) is 10.7 Å². The number of carboxylic acid groups (broad SMARTS) is 1. The minimum absolute atomic E-state index is 0.0272. The third kappa shape index (κ3) is 26.2. The van der Waals surface area contributed by atoms with Gasteiger partial charge in [0.15, 0.2) is 0 Å². The van der Waals surface area contributed by atoms with Crippen molar-refractivity contribution in [2.75, 3.05) is 96.3 Å². The largest absolute Gasteiger partial charge is 0.481 e. The number of rotatable bonds is 25. The molecule has 0 bridgehead atoms. The molecule has 8 N–H and O–H groups in total. The van der Waals surface area contributed by atoms with Gasteiger partial charge in [-0.25, -0.2) is 4.98 Å². The number of allylic oxidation sites excluding steroid dienone is 3. The maximum absolute atomic E-state index is 13.0. The van der Waals surface area contributed by atoms with Gasteiger partial charge in [0.2, 0.25) is 17.7 Å². The number of nitrogens with two attached hydrogens (primary N) is 2. The first-order valence-corrected chi connectivity index (χ1v) is 26.5. The Labute approximate surface area is 428 Å². The van der Waals surface area contributed by atoms with E-state index in [2.05, 4.69) is 100 Å². The van der Waals surface area contributed by atoms with E-state index < -0.39 is 5.97 Å². The number of aliphatic carboxylic acids is 1. The number of carbonyl (C=O) groups excluding carboxylic acids is 3. The lowest BCUT2D eigenvalue weighted by Crippen LogP contribution is -2.48. The number of piperazine rings is 1. The second-order valence-corrected chi connectivity index (χ2v) is 19.3. The third-order valence-corrected chi connectivity index (χ3v) is 12.8. The number of carboxylic acids is 1. The van der Waals surface area contributed by atoms with Crippen LogP contribution in [-0.2, 0) is 32.0 Å². The third-order valence-electron chi connectivity index (χ3n) is 12.8. The number of unbranched alkanes of at least 4 members (excludes halogenated alkanes) is 4. The molecule has 0 spiro atoms. The van der Waals surface area contributed by atoms with Crippen LogP contribution >= 0.6 is 0 Å². The highest BCUT2D eigenvalue weighted by Crippen LogP contribution is 2.31. The number of aryl methyl sites for hydroxylation is 3. The average Bonchev–Trinajstić information content (AvgIpc) is 3.81. The molecule has 398 valence electrons. The van der Waals surface area contributed by atoms with Crippen LogP contribution in [0.1, 0.15) is 146 Å². The standard InChI is InChI=1S/C45H70N8O5.C7H13N.C3H6.CH5N/c1-34-28-37(38(31-44(57)58)33-51-23-18-35(32-51)14-16-39-17-15-36-10-9-22-49-45(36)50-39)30-40(29-34)52-24-26-53(27-25-52)43(56)13-8-12-42(55)48-21-7-3-6-20-47-41(54)11-4-2-5-19-46;1-6(2)5-7(3)8-4;1-3-2;1-2/h15,17,28-30,35,38H,2-14,16,18-27,31-33,46H2,1H3,(H,47,54)(H,48,55)(H,49,50)(H,57,58);5H,1-4H3;3H,1H2,2H3;2H2,1H3. The SMILES string of the molecule is C=CC.CN.CN=C(C)C=C(C)C.Cc1cc(C(CC(=O)O)CN2CCC(CCc3ccc4c(n3)NCCC4)C2)cc(N2CCN(C(=O)CCCC(=O)NCCCCCNC(=O)CCCCCN)CC2)c1. The first kappa shape index (κ1) is 62.0. The highest BCUT2D eigenvalue weighted by atomic mass is 16.4. The molecule has 2 fully saturated rings. The summed E-state index contributed by atoms with van der Waals surface area (Å²) in [7, 11) is 3.30. The number of anilines is 2. The van der Waals surface area contributed by atoms with Crippen LogP contribution in [-0.4, -0.2) is 135 Å². The minimum atomic E-state index is -0.778. The smallest absolute Gasteiger partial charge is 0.304 e. The van der Waals surface area contributed by atoms with Gasteiger partial charge in [0.25, 0.3) is 0 Å². The first-order valence-electron chi connectivity index (χ1n) is 26.5. The van der Waals surface area contributed by atoms with Crippen LogP contribution < -0.4 is 32.3 Å². The van der Waals surface area contributed by atoms with Crippen molar-refractivity contribution in [1.82, 2.24) is 25.4 Å². The Morgan fingerprint density at radius 1 is 0.915 bits per heavy atom. The van der Waals surface area contributed by atoms with Gasteiger partial charge in [0.1, 0.15) is 5.82 Å². The molecular weight excluding hydrogens is 893 g/mol. The highest BCUT2D eigenvalue weighted by molar-refractivity contribution is 5.93. The number of benzene rings is 1. The first-order chi connectivity index (χ1) is 34.2. The molecule has 1 aromatic carbocycles. The maximum Gasteiger partial charge on any atom is 0.304 e. The predicted octanol–water partition coefficient (Wildman–Crippen LogP) is 7.81. The molecule has 5 rings (SSSR count). The van der Waals surface area contributed by atoms with Crippen LogP contribution in [0, 0.1) is 12.8 Å². The second-order valence-electron chi connectivity index (χ2n) is 19.3. The number of aliphatic imine (C=N–C) groups is 1. The van der Waals surface area contributed by atoms with E-state index in [-0.39, 0.29) is 30.1 Å². The minimum Gasteiger partial charge on any atom is -0.481 e. The van der Waals surface area contributed by atoms with Gasteiger partial charge in [-0.15, -0.1) is 6.58 Å². The van der Waals surface area contributed by atoms with Crippen molar-refractivity contribution in [1.29, 1.82) is 0 Å². The molecular formula is C56H94N10O5. The van der Waals surface area contributed by atoms with Gasteiger partial charge in [-0.1, -0.05) is 30.2 Å². The van der Waals surface area contributed by atoms with E-state index in [9.17, 15) is 24.3 Å². The molecule has 0 aliphatic carbocycles. The van der Waals surface area contributed by atoms with Gasteiger partial charge >= 0.3 is 5.97 Å². The normalized spacial score (nSPS) is 15.7. The fraction of sp³-hybridized carbons (Fsp3) is 0.643. The number of likely N-dealkylation sites (tertiary alicyclic amines) is 1. The fourth-order valence-electron chi connectivity index (χ4n) is 9.12. The summed E-state index contributed by atoms with van der Waals surface area (Å²) in [5.74, 6) is 0.899. The summed E-state index contributed by atoms with van der Waals surface area (Å²) in [4.78, 5) is 64.9. The summed E-state index contributed by atoms with van der Waals surface area (Å²) >= 11 is 0. The number of hydrogen-bond donors (Lipinski definition) is 6. The molecule has 15 nitrogen and oxygen atoms in total. The van der Waals surface area contributed by atoms with E-state index in [0.29, 0.717) is 77.4 Å². The van der Waals surface area contributed by atoms with Crippen molar-refractivity contribution in [2.45, 2.75) is 143 Å². The Hall–Kier alpha value is -5.12. The van der Waals surface area contributed by atoms with Gasteiger partial charge in [-0.2, -0.15) is 0 Å². The molecule has 15 heteroatoms. The molecule has 2 unspecified atom stereocenters. The molecule has 71 heavy (non-hydrogen) atoms. The van der Waals surface area contributed by atoms with Gasteiger partial charge in [0, 0.05) is 108 Å². The van der Waals surface area contributed by atoms with E-state index in [1.54, 1.807) is 13.1 Å². The van der Waals surface area contributed by atoms with Crippen LogP contribution in [0.3, 0.4) is 0 Å². The summed E-state index contributed by atoms with van der Waals surface area (Å²) in [6.45, 7) is 21.7. The summed E-state index contributed by atoms with van der Waals surface area (Å²) in [5, 5.41) is 19.3. The molecule has 3 aliphatic heterocycles. The Kier molecular flexibility index (Phi) is 32.1. The summed E-state index contributed by atoms with van der Waals surface area (Å²) in [6.07, 6.45) is 16.6. The molecule has 2 atom stereocenters. The Morgan fingerprint density at radius 3 is 2.20 bits per heavy atom. The van der Waals surface area contributed by atoms with Crippen LogP contribution in [0.25, 0.3) is 0 Å². The molecule has 2 aromatic rings. The van der Waals surface area contributed by atoms with Crippen LogP contribution in [0.5, 0.6) is 0 Å². The zero-order valence-corrected chi connectivity index (χ0v) is 45.0. The maximum atomic E-state index is 13.0. The van der Waals surface area contributed by atoms with E-state index in [1.807, 2.05) is 18.7 Å². The quantitative estimate of drug-likeness (QED) is 0.0321.